The molecule has 0 amide bonds. The standard InChI is InChI=1S/C11H25NS/c1-10(2)12-9-11-5-7-13(3,4)8-6-11/h10-12H,5-9H2,1-4H3. The molecule has 2 heteroatoms. The molecule has 80 valence electrons. The van der Waals surface area contributed by atoms with Gasteiger partial charge in [0.1, 0.15) is 0 Å². The Bertz CT molecular complexity index is 141. The number of hydrogen-bond donors (Lipinski definition) is 1. The van der Waals surface area contributed by atoms with Crippen LogP contribution in [0.5, 0.6) is 0 Å². The van der Waals surface area contributed by atoms with Gasteiger partial charge in [-0.15, -0.1) is 0 Å². The van der Waals surface area contributed by atoms with E-state index >= 15 is 0 Å². The Morgan fingerprint density at radius 1 is 1.23 bits per heavy atom. The lowest BCUT2D eigenvalue weighted by molar-refractivity contribution is 0.424. The first kappa shape index (κ1) is 11.4. The minimum Gasteiger partial charge on any atom is -0.314 e. The molecule has 1 N–H and O–H groups in total. The summed E-state index contributed by atoms with van der Waals surface area (Å²) in [6, 6.07) is 0.655. The highest BCUT2D eigenvalue weighted by Gasteiger charge is 2.22. The quantitative estimate of drug-likeness (QED) is 0.743. The zero-order valence-electron chi connectivity index (χ0n) is 9.60. The van der Waals surface area contributed by atoms with Crippen molar-refractivity contribution in [2.75, 3.05) is 30.6 Å². The van der Waals surface area contributed by atoms with E-state index in [0.717, 1.165) is 5.92 Å². The average Bonchev–Trinajstić information content (AvgIpc) is 2.02. The SMILES string of the molecule is CC(C)NCC1CCS(C)(C)CC1. The second kappa shape index (κ2) is 4.70. The molecule has 13 heavy (non-hydrogen) atoms. The maximum atomic E-state index is 3.55. The molecular weight excluding hydrogens is 178 g/mol. The summed E-state index contributed by atoms with van der Waals surface area (Å²) in [5, 5.41) is 3.55. The molecular formula is C11H25NS. The van der Waals surface area contributed by atoms with Gasteiger partial charge in [0.15, 0.2) is 0 Å². The molecule has 1 aliphatic rings. The van der Waals surface area contributed by atoms with E-state index in [1.165, 1.54) is 30.9 Å². The Labute approximate surface area is 85.0 Å². The van der Waals surface area contributed by atoms with Crippen molar-refractivity contribution >= 4 is 10.0 Å². The van der Waals surface area contributed by atoms with E-state index < -0.39 is 0 Å². The summed E-state index contributed by atoms with van der Waals surface area (Å²) in [6.45, 7) is 5.71. The molecule has 1 saturated heterocycles. The van der Waals surface area contributed by atoms with Gasteiger partial charge in [-0.1, -0.05) is 13.8 Å². The molecule has 0 aromatic rings. The minimum atomic E-state index is -0.182. The molecule has 1 nitrogen and oxygen atoms in total. The lowest BCUT2D eigenvalue weighted by Crippen LogP contribution is -2.32. The molecule has 1 aliphatic heterocycles. The van der Waals surface area contributed by atoms with E-state index in [9.17, 15) is 0 Å². The van der Waals surface area contributed by atoms with Gasteiger partial charge in [-0.05, 0) is 49.3 Å². The number of nitrogens with one attached hydrogen (secondary N) is 1. The molecule has 0 saturated carbocycles. The summed E-state index contributed by atoms with van der Waals surface area (Å²) in [5.74, 6) is 3.96. The van der Waals surface area contributed by atoms with Crippen LogP contribution < -0.4 is 5.32 Å². The average molecular weight is 203 g/mol. The first-order valence-corrected chi connectivity index (χ1v) is 8.20. The van der Waals surface area contributed by atoms with Crippen molar-refractivity contribution in [2.24, 2.45) is 5.92 Å². The monoisotopic (exact) mass is 203 g/mol. The summed E-state index contributed by atoms with van der Waals surface area (Å²) >= 11 is 0. The van der Waals surface area contributed by atoms with E-state index in [2.05, 4.69) is 31.7 Å². The second-order valence-electron chi connectivity index (χ2n) is 5.18. The predicted octanol–water partition coefficient (Wildman–Crippen LogP) is 2.46. The highest BCUT2D eigenvalue weighted by Crippen LogP contribution is 2.46. The van der Waals surface area contributed by atoms with Crippen LogP contribution in [0.1, 0.15) is 26.7 Å². The van der Waals surface area contributed by atoms with Crippen LogP contribution in [0.3, 0.4) is 0 Å². The molecule has 0 radical (unpaired) electrons. The molecule has 0 bridgehead atoms. The second-order valence-corrected chi connectivity index (χ2v) is 9.53. The van der Waals surface area contributed by atoms with E-state index in [1.54, 1.807) is 0 Å². The van der Waals surface area contributed by atoms with Crippen LogP contribution >= 0.6 is 10.0 Å². The van der Waals surface area contributed by atoms with Gasteiger partial charge >= 0.3 is 0 Å². The maximum absolute atomic E-state index is 3.55. The Kier molecular flexibility index (Phi) is 4.11. The molecule has 0 aromatic carbocycles. The molecule has 0 spiro atoms. The molecule has 0 unspecified atom stereocenters. The van der Waals surface area contributed by atoms with Gasteiger partial charge in [-0.3, -0.25) is 0 Å². The zero-order chi connectivity index (χ0) is 9.90. The summed E-state index contributed by atoms with van der Waals surface area (Å²) < 4.78 is 0. The van der Waals surface area contributed by atoms with Crippen LogP contribution in [0.15, 0.2) is 0 Å². The minimum absolute atomic E-state index is 0.182. The van der Waals surface area contributed by atoms with Gasteiger partial charge in [-0.25, -0.2) is 10.0 Å². The van der Waals surface area contributed by atoms with Crippen molar-refractivity contribution in [1.29, 1.82) is 0 Å². The van der Waals surface area contributed by atoms with Gasteiger partial charge < -0.3 is 5.32 Å². The summed E-state index contributed by atoms with van der Waals surface area (Å²) in [5.41, 5.74) is 0. The first-order valence-electron chi connectivity index (χ1n) is 5.42. The molecule has 0 aromatic heterocycles. The fourth-order valence-corrected chi connectivity index (χ4v) is 3.97. The normalized spacial score (nSPS) is 26.2. The largest absolute Gasteiger partial charge is 0.314 e. The van der Waals surface area contributed by atoms with Gasteiger partial charge in [0, 0.05) is 6.04 Å². The molecule has 1 fully saturated rings. The molecule has 1 rings (SSSR count). The zero-order valence-corrected chi connectivity index (χ0v) is 10.4. The fourth-order valence-electron chi connectivity index (χ4n) is 1.82. The van der Waals surface area contributed by atoms with Crippen LogP contribution in [-0.4, -0.2) is 36.6 Å². The van der Waals surface area contributed by atoms with Gasteiger partial charge in [-0.2, -0.15) is 0 Å². The molecule has 0 atom stereocenters. The lowest BCUT2D eigenvalue weighted by atomic mass is 10.0. The lowest BCUT2D eigenvalue weighted by Gasteiger charge is -2.39. The number of hydrogen-bond acceptors (Lipinski definition) is 1. The highest BCUT2D eigenvalue weighted by molar-refractivity contribution is 8.32. The van der Waals surface area contributed by atoms with Crippen molar-refractivity contribution < 1.29 is 0 Å². The van der Waals surface area contributed by atoms with Crippen LogP contribution in [-0.2, 0) is 0 Å². The van der Waals surface area contributed by atoms with Crippen LogP contribution in [0, 0.1) is 5.92 Å². The summed E-state index contributed by atoms with van der Waals surface area (Å²) in [4.78, 5) is 0. The van der Waals surface area contributed by atoms with Crippen LogP contribution in [0.25, 0.3) is 0 Å². The first-order chi connectivity index (χ1) is 5.99. The smallest absolute Gasteiger partial charge is 0.00104 e. The van der Waals surface area contributed by atoms with Gasteiger partial charge in [0.25, 0.3) is 0 Å². The number of rotatable bonds is 3. The third kappa shape index (κ3) is 4.37. The van der Waals surface area contributed by atoms with Crippen molar-refractivity contribution in [3.63, 3.8) is 0 Å². The Morgan fingerprint density at radius 3 is 2.23 bits per heavy atom. The highest BCUT2D eigenvalue weighted by atomic mass is 32.3. The predicted molar refractivity (Wildman–Crippen MR) is 65.0 cm³/mol. The Morgan fingerprint density at radius 2 is 1.77 bits per heavy atom. The summed E-state index contributed by atoms with van der Waals surface area (Å²) in [7, 11) is -0.182. The van der Waals surface area contributed by atoms with Crippen molar-refractivity contribution in [3.8, 4) is 0 Å². The maximum Gasteiger partial charge on any atom is 0.00104 e. The van der Waals surface area contributed by atoms with Crippen LogP contribution in [0.4, 0.5) is 0 Å². The third-order valence-corrected chi connectivity index (χ3v) is 5.65. The van der Waals surface area contributed by atoms with E-state index in [1.807, 2.05) is 0 Å². The van der Waals surface area contributed by atoms with E-state index in [-0.39, 0.29) is 10.0 Å². The van der Waals surface area contributed by atoms with Gasteiger partial charge in [0.05, 0.1) is 0 Å². The van der Waals surface area contributed by atoms with Crippen molar-refractivity contribution in [1.82, 2.24) is 5.32 Å². The summed E-state index contributed by atoms with van der Waals surface area (Å²) in [6.07, 6.45) is 7.89. The van der Waals surface area contributed by atoms with Gasteiger partial charge in [0.2, 0.25) is 0 Å². The van der Waals surface area contributed by atoms with Crippen molar-refractivity contribution in [2.45, 2.75) is 32.7 Å². The molecule has 0 aliphatic carbocycles. The Balaban J connectivity index is 2.18. The van der Waals surface area contributed by atoms with Crippen molar-refractivity contribution in [3.05, 3.63) is 0 Å². The van der Waals surface area contributed by atoms with Crippen LogP contribution in [0.2, 0.25) is 0 Å². The third-order valence-electron chi connectivity index (χ3n) is 2.97. The topological polar surface area (TPSA) is 12.0 Å². The molecule has 1 heterocycles. The Hall–Kier alpha value is 0.310. The van der Waals surface area contributed by atoms with E-state index in [4.69, 9.17) is 0 Å². The fraction of sp³-hybridized carbons (Fsp3) is 1.00. The van der Waals surface area contributed by atoms with E-state index in [0.29, 0.717) is 6.04 Å².